The molecule has 116 valence electrons. The summed E-state index contributed by atoms with van der Waals surface area (Å²) in [5, 5.41) is 11.2. The average Bonchev–Trinajstić information content (AvgIpc) is 2.64. The van der Waals surface area contributed by atoms with Crippen molar-refractivity contribution >= 4 is 11.6 Å². The first kappa shape index (κ1) is 15.2. The zero-order valence-electron chi connectivity index (χ0n) is 12.8. The summed E-state index contributed by atoms with van der Waals surface area (Å²) >= 11 is 6.03. The number of fused-ring (bicyclic) bond motifs is 1. The van der Waals surface area contributed by atoms with Gasteiger partial charge in [-0.2, -0.15) is 0 Å². The van der Waals surface area contributed by atoms with Gasteiger partial charge in [-0.25, -0.2) is 0 Å². The van der Waals surface area contributed by atoms with Crippen LogP contribution in [0.25, 0.3) is 0 Å². The molecule has 1 saturated carbocycles. The standard InChI is InChI=1S/C18H25ClO2/c1-2-4-13-5-3-9-18(10-8-13)12-16(20)15-11-14(19)6-7-17(15)21-18/h6-7,11,13,16,20H,2-5,8-10,12H2,1H3. The molecule has 1 aliphatic heterocycles. The van der Waals surface area contributed by atoms with Gasteiger partial charge in [0.15, 0.2) is 0 Å². The highest BCUT2D eigenvalue weighted by molar-refractivity contribution is 6.30. The summed E-state index contributed by atoms with van der Waals surface area (Å²) in [4.78, 5) is 0. The maximum absolute atomic E-state index is 10.5. The summed E-state index contributed by atoms with van der Waals surface area (Å²) in [6.07, 6.45) is 8.72. The van der Waals surface area contributed by atoms with Crippen molar-refractivity contribution in [2.75, 3.05) is 0 Å². The Morgan fingerprint density at radius 2 is 2.19 bits per heavy atom. The van der Waals surface area contributed by atoms with Crippen molar-refractivity contribution < 1.29 is 9.84 Å². The van der Waals surface area contributed by atoms with Crippen molar-refractivity contribution in [2.45, 2.75) is 70.0 Å². The van der Waals surface area contributed by atoms with Gasteiger partial charge in [0.1, 0.15) is 11.4 Å². The molecule has 1 aliphatic carbocycles. The van der Waals surface area contributed by atoms with Gasteiger partial charge in [0.25, 0.3) is 0 Å². The van der Waals surface area contributed by atoms with Gasteiger partial charge < -0.3 is 9.84 Å². The lowest BCUT2D eigenvalue weighted by atomic mass is 9.83. The number of hydrogen-bond donors (Lipinski definition) is 1. The lowest BCUT2D eigenvalue weighted by molar-refractivity contribution is -0.0251. The summed E-state index contributed by atoms with van der Waals surface area (Å²) in [5.74, 6) is 1.66. The largest absolute Gasteiger partial charge is 0.487 e. The van der Waals surface area contributed by atoms with Gasteiger partial charge >= 0.3 is 0 Å². The van der Waals surface area contributed by atoms with E-state index in [1.165, 1.54) is 32.1 Å². The number of ether oxygens (including phenoxy) is 1. The Morgan fingerprint density at radius 1 is 1.33 bits per heavy atom. The quantitative estimate of drug-likeness (QED) is 0.806. The molecule has 1 spiro atoms. The normalized spacial score (nSPS) is 32.3. The van der Waals surface area contributed by atoms with Gasteiger partial charge in [-0.3, -0.25) is 0 Å². The van der Waals surface area contributed by atoms with Crippen molar-refractivity contribution in [3.8, 4) is 5.75 Å². The molecular formula is C18H25ClO2. The summed E-state index contributed by atoms with van der Waals surface area (Å²) in [6, 6.07) is 5.60. The van der Waals surface area contributed by atoms with Crippen LogP contribution in [0.2, 0.25) is 5.02 Å². The van der Waals surface area contributed by atoms with Crippen molar-refractivity contribution in [3.63, 3.8) is 0 Å². The molecule has 0 aromatic heterocycles. The minimum atomic E-state index is -0.449. The van der Waals surface area contributed by atoms with Crippen LogP contribution in [-0.4, -0.2) is 10.7 Å². The number of hydrogen-bond acceptors (Lipinski definition) is 2. The number of aliphatic hydroxyl groups is 1. The van der Waals surface area contributed by atoms with E-state index < -0.39 is 6.10 Å². The fourth-order valence-electron chi connectivity index (χ4n) is 4.06. The molecule has 2 aliphatic rings. The fraction of sp³-hybridized carbons (Fsp3) is 0.667. The first-order chi connectivity index (χ1) is 10.1. The number of rotatable bonds is 2. The van der Waals surface area contributed by atoms with E-state index >= 15 is 0 Å². The maximum atomic E-state index is 10.5. The molecule has 1 N–H and O–H groups in total. The zero-order chi connectivity index (χ0) is 14.9. The number of aliphatic hydroxyl groups excluding tert-OH is 1. The van der Waals surface area contributed by atoms with Gasteiger partial charge in [0.2, 0.25) is 0 Å². The molecule has 2 nitrogen and oxygen atoms in total. The minimum Gasteiger partial charge on any atom is -0.487 e. The van der Waals surface area contributed by atoms with E-state index in [2.05, 4.69) is 6.92 Å². The highest BCUT2D eigenvalue weighted by Crippen LogP contribution is 2.47. The average molecular weight is 309 g/mol. The second-order valence-corrected chi connectivity index (χ2v) is 7.21. The first-order valence-corrected chi connectivity index (χ1v) is 8.66. The summed E-state index contributed by atoms with van der Waals surface area (Å²) in [5.41, 5.74) is 0.686. The molecule has 1 aromatic rings. The molecule has 3 atom stereocenters. The highest BCUT2D eigenvalue weighted by atomic mass is 35.5. The van der Waals surface area contributed by atoms with Crippen molar-refractivity contribution in [1.29, 1.82) is 0 Å². The molecule has 0 bridgehead atoms. The predicted octanol–water partition coefficient (Wildman–Crippen LogP) is 5.28. The van der Waals surface area contributed by atoms with Crippen molar-refractivity contribution in [3.05, 3.63) is 28.8 Å². The smallest absolute Gasteiger partial charge is 0.126 e. The third kappa shape index (κ3) is 3.22. The van der Waals surface area contributed by atoms with Gasteiger partial charge in [0.05, 0.1) is 6.10 Å². The Morgan fingerprint density at radius 3 is 3.00 bits per heavy atom. The molecule has 1 fully saturated rings. The van der Waals surface area contributed by atoms with E-state index in [9.17, 15) is 5.11 Å². The molecule has 0 saturated heterocycles. The Balaban J connectivity index is 1.79. The van der Waals surface area contributed by atoms with Crippen molar-refractivity contribution in [2.24, 2.45) is 5.92 Å². The monoisotopic (exact) mass is 308 g/mol. The summed E-state index contributed by atoms with van der Waals surface area (Å²) < 4.78 is 6.37. The van der Waals surface area contributed by atoms with Crippen LogP contribution >= 0.6 is 11.6 Å². The van der Waals surface area contributed by atoms with Gasteiger partial charge in [0, 0.05) is 17.0 Å². The first-order valence-electron chi connectivity index (χ1n) is 8.28. The van der Waals surface area contributed by atoms with Gasteiger partial charge in [-0.1, -0.05) is 37.8 Å². The molecule has 0 radical (unpaired) electrons. The molecule has 1 heterocycles. The molecular weight excluding hydrogens is 284 g/mol. The van der Waals surface area contributed by atoms with Gasteiger partial charge in [-0.05, 0) is 49.8 Å². The maximum Gasteiger partial charge on any atom is 0.126 e. The van der Waals surface area contributed by atoms with Crippen LogP contribution < -0.4 is 4.74 Å². The van der Waals surface area contributed by atoms with Crippen LogP contribution in [0, 0.1) is 5.92 Å². The minimum absolute atomic E-state index is 0.164. The molecule has 3 heteroatoms. The molecule has 0 amide bonds. The highest BCUT2D eigenvalue weighted by Gasteiger charge is 2.41. The van der Waals surface area contributed by atoms with Crippen LogP contribution in [-0.2, 0) is 0 Å². The van der Waals surface area contributed by atoms with Crippen LogP contribution in [0.5, 0.6) is 5.75 Å². The lowest BCUT2D eigenvalue weighted by Gasteiger charge is -2.40. The van der Waals surface area contributed by atoms with E-state index in [0.717, 1.165) is 30.1 Å². The van der Waals surface area contributed by atoms with Crippen LogP contribution in [0.3, 0.4) is 0 Å². The number of benzene rings is 1. The summed E-state index contributed by atoms with van der Waals surface area (Å²) in [7, 11) is 0. The lowest BCUT2D eigenvalue weighted by Crippen LogP contribution is -2.40. The van der Waals surface area contributed by atoms with Crippen LogP contribution in [0.4, 0.5) is 0 Å². The van der Waals surface area contributed by atoms with E-state index in [0.29, 0.717) is 11.4 Å². The third-order valence-corrected chi connectivity index (χ3v) is 5.41. The topological polar surface area (TPSA) is 29.5 Å². The molecule has 1 aromatic carbocycles. The number of halogens is 1. The van der Waals surface area contributed by atoms with E-state index in [1.54, 1.807) is 0 Å². The SMILES string of the molecule is CCCC1CCCC2(CC1)CC(O)c1cc(Cl)ccc1O2. The van der Waals surface area contributed by atoms with E-state index in [-0.39, 0.29) is 5.60 Å². The Hall–Kier alpha value is -0.730. The zero-order valence-corrected chi connectivity index (χ0v) is 13.5. The molecule has 3 unspecified atom stereocenters. The van der Waals surface area contributed by atoms with Crippen LogP contribution in [0.15, 0.2) is 18.2 Å². The second-order valence-electron chi connectivity index (χ2n) is 6.77. The van der Waals surface area contributed by atoms with Gasteiger partial charge in [-0.15, -0.1) is 0 Å². The Kier molecular flexibility index (Phi) is 4.46. The van der Waals surface area contributed by atoms with Crippen molar-refractivity contribution in [1.82, 2.24) is 0 Å². The summed E-state index contributed by atoms with van der Waals surface area (Å²) in [6.45, 7) is 2.27. The third-order valence-electron chi connectivity index (χ3n) is 5.17. The fourth-order valence-corrected chi connectivity index (χ4v) is 4.24. The van der Waals surface area contributed by atoms with Crippen LogP contribution in [0.1, 0.15) is 70.0 Å². The van der Waals surface area contributed by atoms with E-state index in [4.69, 9.17) is 16.3 Å². The molecule has 3 rings (SSSR count). The Bertz CT molecular complexity index is 502. The predicted molar refractivity (Wildman–Crippen MR) is 85.9 cm³/mol. The Labute approximate surface area is 132 Å². The van der Waals surface area contributed by atoms with E-state index in [1.807, 2.05) is 18.2 Å². The second kappa shape index (κ2) is 6.18. The molecule has 21 heavy (non-hydrogen) atoms.